The van der Waals surface area contributed by atoms with Crippen LogP contribution in [0.25, 0.3) is 0 Å². The van der Waals surface area contributed by atoms with Crippen LogP contribution in [0.3, 0.4) is 0 Å². The van der Waals surface area contributed by atoms with E-state index in [0.29, 0.717) is 0 Å². The molecule has 0 aliphatic rings. The summed E-state index contributed by atoms with van der Waals surface area (Å²) in [5.41, 5.74) is 3.89. The van der Waals surface area contributed by atoms with Crippen molar-refractivity contribution in [3.05, 3.63) is 54.6 Å². The molecule has 1 unspecified atom stereocenters. The summed E-state index contributed by atoms with van der Waals surface area (Å²) in [6, 6.07) is 6.63. The average molecular weight is 375 g/mol. The number of rotatable bonds is 3. The third kappa shape index (κ3) is 2.81. The lowest BCUT2D eigenvalue weighted by atomic mass is 9.97. The van der Waals surface area contributed by atoms with Crippen LogP contribution in [0.1, 0.15) is 22.7 Å². The molecular weight excluding hydrogens is 362 g/mol. The molecule has 1 nitrogen and oxygen atoms in total. The van der Waals surface area contributed by atoms with Crippen molar-refractivity contribution in [3.63, 3.8) is 0 Å². The predicted molar refractivity (Wildman–Crippen MR) is 81.8 cm³/mol. The number of aryl methyl sites for hydroxylation is 1. The van der Waals surface area contributed by atoms with Gasteiger partial charge in [-0.25, -0.2) is 0 Å². The smallest absolute Gasteiger partial charge is 0.0596 e. The molecule has 1 aromatic heterocycles. The second-order valence-electron chi connectivity index (χ2n) is 3.90. The van der Waals surface area contributed by atoms with Crippen molar-refractivity contribution in [2.75, 3.05) is 7.05 Å². The van der Waals surface area contributed by atoms with E-state index in [2.05, 4.69) is 73.1 Å². The lowest BCUT2D eigenvalue weighted by molar-refractivity contribution is 0.687. The minimum Gasteiger partial charge on any atom is -0.309 e. The lowest BCUT2D eigenvalue weighted by Gasteiger charge is -2.19. The van der Waals surface area contributed by atoms with Crippen LogP contribution in [-0.2, 0) is 0 Å². The van der Waals surface area contributed by atoms with E-state index >= 15 is 0 Å². The van der Waals surface area contributed by atoms with E-state index in [9.17, 15) is 0 Å². The van der Waals surface area contributed by atoms with Gasteiger partial charge in [0.1, 0.15) is 0 Å². The van der Waals surface area contributed by atoms with E-state index in [-0.39, 0.29) is 6.04 Å². The molecule has 90 valence electrons. The summed E-state index contributed by atoms with van der Waals surface area (Å²) in [6.45, 7) is 2.15. The SMILES string of the molecule is CNC(c1cc(Br)ccc1C)c1cscc1Br. The van der Waals surface area contributed by atoms with E-state index in [4.69, 9.17) is 0 Å². The number of hydrogen-bond acceptors (Lipinski definition) is 2. The fraction of sp³-hybridized carbons (Fsp3) is 0.231. The van der Waals surface area contributed by atoms with Gasteiger partial charge in [0.15, 0.2) is 0 Å². The fourth-order valence-electron chi connectivity index (χ4n) is 1.90. The van der Waals surface area contributed by atoms with Crippen LogP contribution in [0.2, 0.25) is 0 Å². The second kappa shape index (κ2) is 5.65. The van der Waals surface area contributed by atoms with Gasteiger partial charge in [0.25, 0.3) is 0 Å². The molecule has 1 aromatic carbocycles. The highest BCUT2D eigenvalue weighted by atomic mass is 79.9. The summed E-state index contributed by atoms with van der Waals surface area (Å²) >= 11 is 8.86. The van der Waals surface area contributed by atoms with Crippen LogP contribution >= 0.6 is 43.2 Å². The second-order valence-corrected chi connectivity index (χ2v) is 6.41. The Balaban J connectivity index is 2.49. The quantitative estimate of drug-likeness (QED) is 0.806. The maximum atomic E-state index is 3.61. The van der Waals surface area contributed by atoms with Gasteiger partial charge in [-0.2, -0.15) is 11.3 Å². The molecule has 0 amide bonds. The van der Waals surface area contributed by atoms with Gasteiger partial charge in [-0.05, 0) is 64.1 Å². The zero-order chi connectivity index (χ0) is 12.4. The first-order valence-corrected chi connectivity index (χ1v) is 7.81. The molecule has 4 heteroatoms. The van der Waals surface area contributed by atoms with Crippen molar-refractivity contribution in [1.82, 2.24) is 5.32 Å². The number of nitrogens with one attached hydrogen (secondary N) is 1. The van der Waals surface area contributed by atoms with E-state index in [0.717, 1.165) is 4.47 Å². The number of hydrogen-bond donors (Lipinski definition) is 1. The molecule has 0 bridgehead atoms. The summed E-state index contributed by atoms with van der Waals surface area (Å²) in [7, 11) is 2.00. The molecule has 2 rings (SSSR count). The van der Waals surface area contributed by atoms with E-state index in [1.165, 1.54) is 21.2 Å². The molecule has 1 N–H and O–H groups in total. The van der Waals surface area contributed by atoms with Crippen molar-refractivity contribution in [3.8, 4) is 0 Å². The van der Waals surface area contributed by atoms with Crippen molar-refractivity contribution >= 4 is 43.2 Å². The Bertz CT molecular complexity index is 522. The molecule has 0 spiro atoms. The minimum atomic E-state index is 0.230. The molecule has 17 heavy (non-hydrogen) atoms. The number of benzene rings is 1. The Hall–Kier alpha value is -0.160. The van der Waals surface area contributed by atoms with Gasteiger partial charge in [0.2, 0.25) is 0 Å². The number of halogens is 2. The monoisotopic (exact) mass is 373 g/mol. The standard InChI is InChI=1S/C13H13Br2NS/c1-8-3-4-9(14)5-10(8)13(16-2)11-6-17-7-12(11)15/h3-7,13,16H,1-2H3. The lowest BCUT2D eigenvalue weighted by Crippen LogP contribution is -2.18. The van der Waals surface area contributed by atoms with Crippen molar-refractivity contribution < 1.29 is 0 Å². The largest absolute Gasteiger partial charge is 0.309 e. The molecule has 0 saturated heterocycles. The summed E-state index contributed by atoms with van der Waals surface area (Å²) < 4.78 is 2.28. The Morgan fingerprint density at radius 2 is 1.94 bits per heavy atom. The minimum absolute atomic E-state index is 0.230. The Morgan fingerprint density at radius 1 is 1.18 bits per heavy atom. The zero-order valence-electron chi connectivity index (χ0n) is 9.63. The Kier molecular flexibility index (Phi) is 4.42. The highest BCUT2D eigenvalue weighted by Crippen LogP contribution is 2.33. The van der Waals surface area contributed by atoms with Crippen molar-refractivity contribution in [1.29, 1.82) is 0 Å². The van der Waals surface area contributed by atoms with Crippen LogP contribution < -0.4 is 5.32 Å². The summed E-state index contributed by atoms with van der Waals surface area (Å²) in [4.78, 5) is 0. The maximum absolute atomic E-state index is 3.61. The average Bonchev–Trinajstić information content (AvgIpc) is 2.71. The van der Waals surface area contributed by atoms with Gasteiger partial charge in [-0.3, -0.25) is 0 Å². The van der Waals surface area contributed by atoms with Gasteiger partial charge in [-0.15, -0.1) is 0 Å². The first-order chi connectivity index (χ1) is 8.13. The van der Waals surface area contributed by atoms with Crippen LogP contribution in [0.4, 0.5) is 0 Å². The van der Waals surface area contributed by atoms with Crippen LogP contribution in [0.5, 0.6) is 0 Å². The molecule has 0 radical (unpaired) electrons. The summed E-state index contributed by atoms with van der Waals surface area (Å²) in [5, 5.41) is 7.69. The van der Waals surface area contributed by atoms with Gasteiger partial charge < -0.3 is 5.32 Å². The van der Waals surface area contributed by atoms with Gasteiger partial charge >= 0.3 is 0 Å². The summed E-state index contributed by atoms with van der Waals surface area (Å²) in [5.74, 6) is 0. The first-order valence-electron chi connectivity index (χ1n) is 5.28. The topological polar surface area (TPSA) is 12.0 Å². The van der Waals surface area contributed by atoms with E-state index in [1.54, 1.807) is 11.3 Å². The summed E-state index contributed by atoms with van der Waals surface area (Å²) in [6.07, 6.45) is 0. The molecule has 1 heterocycles. The predicted octanol–water partition coefficient (Wildman–Crippen LogP) is 4.89. The highest BCUT2D eigenvalue weighted by molar-refractivity contribution is 9.10. The van der Waals surface area contributed by atoms with Crippen molar-refractivity contribution in [2.24, 2.45) is 0 Å². The van der Waals surface area contributed by atoms with Crippen molar-refractivity contribution in [2.45, 2.75) is 13.0 Å². The normalized spacial score (nSPS) is 12.7. The molecule has 1 atom stereocenters. The highest BCUT2D eigenvalue weighted by Gasteiger charge is 2.17. The van der Waals surface area contributed by atoms with Gasteiger partial charge in [0, 0.05) is 14.3 Å². The molecular formula is C13H13Br2NS. The first kappa shape index (κ1) is 13.3. The zero-order valence-corrected chi connectivity index (χ0v) is 13.6. The fourth-order valence-corrected chi connectivity index (χ4v) is 3.83. The Morgan fingerprint density at radius 3 is 2.53 bits per heavy atom. The molecule has 0 aliphatic carbocycles. The van der Waals surface area contributed by atoms with E-state index in [1.807, 2.05) is 7.05 Å². The Labute approximate surface area is 123 Å². The van der Waals surface area contributed by atoms with Gasteiger partial charge in [-0.1, -0.05) is 22.0 Å². The van der Waals surface area contributed by atoms with E-state index < -0.39 is 0 Å². The maximum Gasteiger partial charge on any atom is 0.0596 e. The number of thiophene rings is 1. The van der Waals surface area contributed by atoms with Crippen LogP contribution in [-0.4, -0.2) is 7.05 Å². The van der Waals surface area contributed by atoms with Gasteiger partial charge in [0.05, 0.1) is 6.04 Å². The third-order valence-electron chi connectivity index (χ3n) is 2.79. The van der Waals surface area contributed by atoms with Crippen LogP contribution in [0.15, 0.2) is 37.9 Å². The molecule has 0 fully saturated rings. The third-order valence-corrected chi connectivity index (χ3v) is 5.04. The van der Waals surface area contributed by atoms with Crippen LogP contribution in [0, 0.1) is 6.92 Å². The molecule has 0 aliphatic heterocycles. The molecule has 2 aromatic rings. The molecule has 0 saturated carbocycles.